The molecule has 0 aromatic carbocycles. The summed E-state index contributed by atoms with van der Waals surface area (Å²) >= 11 is 1.48. The molecule has 3 atom stereocenters. The second kappa shape index (κ2) is 8.36. The minimum Gasteiger partial charge on any atom is -0.395 e. The van der Waals surface area contributed by atoms with Crippen molar-refractivity contribution in [3.05, 3.63) is 0 Å². The van der Waals surface area contributed by atoms with Crippen LogP contribution in [0.4, 0.5) is 0 Å². The lowest BCUT2D eigenvalue weighted by atomic mass is 10.2. The fourth-order valence-corrected chi connectivity index (χ4v) is 4.93. The van der Waals surface area contributed by atoms with Crippen molar-refractivity contribution in [2.45, 2.75) is 50.4 Å². The van der Waals surface area contributed by atoms with Crippen molar-refractivity contribution in [2.75, 3.05) is 25.2 Å². The number of sulfonamides is 1. The van der Waals surface area contributed by atoms with Crippen LogP contribution in [-0.4, -0.2) is 66.2 Å². The number of aliphatic hydroxyl groups is 1. The van der Waals surface area contributed by atoms with Crippen LogP contribution in [0.2, 0.25) is 0 Å². The summed E-state index contributed by atoms with van der Waals surface area (Å²) in [6.07, 6.45) is 3.69. The molecule has 1 aliphatic heterocycles. The molecule has 1 fully saturated rings. The number of hydrogen-bond donors (Lipinski definition) is 2. The summed E-state index contributed by atoms with van der Waals surface area (Å²) < 4.78 is 25.7. The van der Waals surface area contributed by atoms with Gasteiger partial charge >= 0.3 is 0 Å². The fraction of sp³-hybridized carbons (Fsp3) is 0.923. The molecule has 0 spiro atoms. The van der Waals surface area contributed by atoms with E-state index in [1.807, 2.05) is 20.1 Å². The van der Waals surface area contributed by atoms with Crippen molar-refractivity contribution in [3.63, 3.8) is 0 Å². The Morgan fingerprint density at radius 1 is 1.52 bits per heavy atom. The summed E-state index contributed by atoms with van der Waals surface area (Å²) in [4.78, 5) is 12.3. The van der Waals surface area contributed by atoms with Gasteiger partial charge in [-0.25, -0.2) is 8.42 Å². The first kappa shape index (κ1) is 18.7. The minimum atomic E-state index is -3.35. The summed E-state index contributed by atoms with van der Waals surface area (Å²) in [6.45, 7) is 4.04. The van der Waals surface area contributed by atoms with Gasteiger partial charge in [0.25, 0.3) is 0 Å². The van der Waals surface area contributed by atoms with Crippen LogP contribution >= 0.6 is 11.8 Å². The molecule has 21 heavy (non-hydrogen) atoms. The average molecular weight is 338 g/mol. The van der Waals surface area contributed by atoms with Crippen LogP contribution in [0.1, 0.15) is 33.1 Å². The van der Waals surface area contributed by atoms with Crippen molar-refractivity contribution in [2.24, 2.45) is 0 Å². The Kier molecular flexibility index (Phi) is 7.46. The van der Waals surface area contributed by atoms with Crippen molar-refractivity contribution < 1.29 is 18.3 Å². The first-order valence-electron chi connectivity index (χ1n) is 7.30. The maximum Gasteiger partial charge on any atom is 0.238 e. The molecule has 2 N–H and O–H groups in total. The first-order chi connectivity index (χ1) is 9.87. The van der Waals surface area contributed by atoms with Crippen LogP contribution in [0, 0.1) is 0 Å². The summed E-state index contributed by atoms with van der Waals surface area (Å²) in [5.41, 5.74) is 0. The lowest BCUT2D eigenvalue weighted by molar-refractivity contribution is -0.124. The quantitative estimate of drug-likeness (QED) is 0.670. The molecule has 6 nitrogen and oxygen atoms in total. The molecule has 1 rings (SSSR count). The SMILES string of the molecule is CCCS(=O)(=O)N1CCCC1C(=O)NC(C)C(CO)SC. The molecule has 1 heterocycles. The largest absolute Gasteiger partial charge is 0.395 e. The molecule has 0 saturated carbocycles. The number of aliphatic hydroxyl groups excluding tert-OH is 1. The van der Waals surface area contributed by atoms with E-state index in [0.29, 0.717) is 25.8 Å². The number of hydrogen-bond acceptors (Lipinski definition) is 5. The Balaban J connectivity index is 2.73. The molecule has 0 aromatic rings. The fourth-order valence-electron chi connectivity index (χ4n) is 2.56. The van der Waals surface area contributed by atoms with E-state index in [4.69, 9.17) is 0 Å². The average Bonchev–Trinajstić information content (AvgIpc) is 2.90. The standard InChI is InChI=1S/C13H26N2O4S2/c1-4-8-21(18,19)15-7-5-6-11(15)13(17)14-10(2)12(9-16)20-3/h10-12,16H,4-9H2,1-3H3,(H,14,17). The van der Waals surface area contributed by atoms with Crippen molar-refractivity contribution in [1.82, 2.24) is 9.62 Å². The molecule has 0 radical (unpaired) electrons. The zero-order valence-corrected chi connectivity index (χ0v) is 14.5. The summed E-state index contributed by atoms with van der Waals surface area (Å²) in [5.74, 6) is -0.177. The third-order valence-electron chi connectivity index (χ3n) is 3.74. The zero-order chi connectivity index (χ0) is 16.0. The van der Waals surface area contributed by atoms with E-state index in [0.717, 1.165) is 0 Å². The van der Waals surface area contributed by atoms with Gasteiger partial charge in [-0.1, -0.05) is 6.92 Å². The van der Waals surface area contributed by atoms with Crippen LogP contribution in [0.3, 0.4) is 0 Å². The Hall–Kier alpha value is -0.310. The molecule has 3 unspecified atom stereocenters. The number of amides is 1. The van der Waals surface area contributed by atoms with Gasteiger partial charge < -0.3 is 10.4 Å². The molecular formula is C13H26N2O4S2. The third kappa shape index (κ3) is 4.84. The Morgan fingerprint density at radius 3 is 2.71 bits per heavy atom. The summed E-state index contributed by atoms with van der Waals surface area (Å²) in [5, 5.41) is 12.0. The molecule has 0 aliphatic carbocycles. The number of thioether (sulfide) groups is 1. The molecule has 0 aromatic heterocycles. The summed E-state index contributed by atoms with van der Waals surface area (Å²) in [6, 6.07) is -0.806. The maximum atomic E-state index is 12.3. The van der Waals surface area contributed by atoms with E-state index in [9.17, 15) is 18.3 Å². The number of carbonyl (C=O) groups excluding carboxylic acids is 1. The maximum absolute atomic E-state index is 12.3. The van der Waals surface area contributed by atoms with Crippen LogP contribution < -0.4 is 5.32 Å². The van der Waals surface area contributed by atoms with Crippen LogP contribution in [0.25, 0.3) is 0 Å². The second-order valence-corrected chi connectivity index (χ2v) is 8.46. The lowest BCUT2D eigenvalue weighted by Crippen LogP contribution is -2.51. The number of carbonyl (C=O) groups is 1. The first-order valence-corrected chi connectivity index (χ1v) is 10.2. The Morgan fingerprint density at radius 2 is 2.19 bits per heavy atom. The van der Waals surface area contributed by atoms with Gasteiger partial charge in [-0.15, -0.1) is 0 Å². The highest BCUT2D eigenvalue weighted by Gasteiger charge is 2.38. The van der Waals surface area contributed by atoms with Crippen molar-refractivity contribution in [1.29, 1.82) is 0 Å². The molecule has 0 bridgehead atoms. The van der Waals surface area contributed by atoms with Gasteiger partial charge in [-0.3, -0.25) is 4.79 Å². The van der Waals surface area contributed by atoms with Gasteiger partial charge in [0.2, 0.25) is 15.9 Å². The highest BCUT2D eigenvalue weighted by Crippen LogP contribution is 2.22. The highest BCUT2D eigenvalue weighted by molar-refractivity contribution is 7.99. The van der Waals surface area contributed by atoms with Gasteiger partial charge in [0.1, 0.15) is 6.04 Å². The van der Waals surface area contributed by atoms with E-state index in [1.54, 1.807) is 0 Å². The minimum absolute atomic E-state index is 0.0227. The van der Waals surface area contributed by atoms with Crippen LogP contribution in [0.15, 0.2) is 0 Å². The highest BCUT2D eigenvalue weighted by atomic mass is 32.2. The van der Waals surface area contributed by atoms with E-state index >= 15 is 0 Å². The topological polar surface area (TPSA) is 86.7 Å². The molecule has 8 heteroatoms. The summed E-state index contributed by atoms with van der Waals surface area (Å²) in [7, 11) is -3.35. The zero-order valence-electron chi connectivity index (χ0n) is 12.9. The van der Waals surface area contributed by atoms with Crippen LogP contribution in [0.5, 0.6) is 0 Å². The second-order valence-electron chi connectivity index (χ2n) is 5.34. The monoisotopic (exact) mass is 338 g/mol. The smallest absolute Gasteiger partial charge is 0.238 e. The van der Waals surface area contributed by atoms with Crippen molar-refractivity contribution in [3.8, 4) is 0 Å². The van der Waals surface area contributed by atoms with Gasteiger partial charge in [0.15, 0.2) is 0 Å². The van der Waals surface area contributed by atoms with E-state index in [2.05, 4.69) is 5.32 Å². The molecule has 1 amide bonds. The molecular weight excluding hydrogens is 312 g/mol. The number of rotatable bonds is 8. The third-order valence-corrected chi connectivity index (χ3v) is 6.97. The number of nitrogens with one attached hydrogen (secondary N) is 1. The predicted molar refractivity (Wildman–Crippen MR) is 85.8 cm³/mol. The number of nitrogens with zero attached hydrogens (tertiary/aromatic N) is 1. The van der Waals surface area contributed by atoms with Gasteiger partial charge in [0, 0.05) is 17.8 Å². The molecule has 124 valence electrons. The van der Waals surface area contributed by atoms with E-state index < -0.39 is 16.1 Å². The van der Waals surface area contributed by atoms with Crippen molar-refractivity contribution >= 4 is 27.7 Å². The normalized spacial score (nSPS) is 23.0. The van der Waals surface area contributed by atoms with Crippen LogP contribution in [-0.2, 0) is 14.8 Å². The molecule has 1 saturated heterocycles. The lowest BCUT2D eigenvalue weighted by Gasteiger charge is -2.27. The van der Waals surface area contributed by atoms with Gasteiger partial charge in [-0.05, 0) is 32.4 Å². The van der Waals surface area contributed by atoms with Gasteiger partial charge in [0.05, 0.1) is 12.4 Å². The van der Waals surface area contributed by atoms with E-state index in [-0.39, 0.29) is 29.6 Å². The van der Waals surface area contributed by atoms with E-state index in [1.165, 1.54) is 16.1 Å². The Bertz CT molecular complexity index is 437. The predicted octanol–water partition coefficient (Wildman–Crippen LogP) is 0.419. The Labute approximate surface area is 131 Å². The molecule has 1 aliphatic rings. The van der Waals surface area contributed by atoms with Gasteiger partial charge in [-0.2, -0.15) is 16.1 Å².